The van der Waals surface area contributed by atoms with Crippen LogP contribution in [0.4, 0.5) is 0 Å². The number of nitrogens with one attached hydrogen (secondary N) is 1. The van der Waals surface area contributed by atoms with Crippen LogP contribution in [0.1, 0.15) is 33.5 Å². The summed E-state index contributed by atoms with van der Waals surface area (Å²) in [6.07, 6.45) is 2.03. The number of aliphatic hydroxyl groups is 1. The van der Waals surface area contributed by atoms with Crippen molar-refractivity contribution in [2.24, 2.45) is 0 Å². The molecule has 1 aromatic carbocycles. The van der Waals surface area contributed by atoms with E-state index in [-0.39, 0.29) is 96.0 Å². The Labute approximate surface area is 246 Å². The molecule has 2 heterocycles. The molecule has 0 spiro atoms. The molecule has 0 bridgehead atoms. The van der Waals surface area contributed by atoms with Crippen molar-refractivity contribution in [1.82, 2.24) is 14.9 Å². The summed E-state index contributed by atoms with van der Waals surface area (Å²) >= 11 is 9.33. The summed E-state index contributed by atoms with van der Waals surface area (Å²) in [6, 6.07) is 2.97. The molecule has 1 aromatic heterocycles. The van der Waals surface area contributed by atoms with E-state index in [1.807, 2.05) is 0 Å². The zero-order valence-corrected chi connectivity index (χ0v) is 23.4. The molecule has 2 atom stereocenters. The number of carboxylic acid groups (broad SMARTS) is 2. The van der Waals surface area contributed by atoms with Crippen LogP contribution in [0.25, 0.3) is 10.9 Å². The number of carboxylic acids is 2. The fourth-order valence-corrected chi connectivity index (χ4v) is 3.62. The van der Waals surface area contributed by atoms with E-state index in [1.54, 1.807) is 12.1 Å². The van der Waals surface area contributed by atoms with Crippen LogP contribution in [0.2, 0.25) is 5.02 Å². The van der Waals surface area contributed by atoms with Gasteiger partial charge < -0.3 is 22.1 Å². The molecule has 3 rings (SSSR count). The van der Waals surface area contributed by atoms with Crippen molar-refractivity contribution in [1.29, 1.82) is 0 Å². The molecule has 1 aliphatic rings. The summed E-state index contributed by atoms with van der Waals surface area (Å²) in [4.78, 5) is 48.3. The molecule has 0 aliphatic carbocycles. The third-order valence-electron chi connectivity index (χ3n) is 4.76. The van der Waals surface area contributed by atoms with Gasteiger partial charge in [0, 0.05) is 16.9 Å². The van der Waals surface area contributed by atoms with Crippen molar-refractivity contribution in [3.05, 3.63) is 38.3 Å². The number of halogens is 2. The first-order chi connectivity index (χ1) is 15.1. The van der Waals surface area contributed by atoms with Crippen LogP contribution >= 0.6 is 27.5 Å². The molecule has 13 heteroatoms. The van der Waals surface area contributed by atoms with E-state index >= 15 is 0 Å². The number of rotatable bonds is 7. The van der Waals surface area contributed by atoms with Crippen molar-refractivity contribution >= 4 is 56.2 Å². The average molecular weight is 573 g/mol. The molecule has 1 aliphatic heterocycles. The number of nitrogens with zero attached hydrogens (tertiary/aromatic N) is 2. The number of Topliss-reactive ketones (excluding diaryl/α,β-unsaturated/α-hetero) is 1. The van der Waals surface area contributed by atoms with Crippen LogP contribution in [0.3, 0.4) is 0 Å². The Bertz CT molecular complexity index is 1060. The summed E-state index contributed by atoms with van der Waals surface area (Å²) in [5, 5.41) is 29.7. The summed E-state index contributed by atoms with van der Waals surface area (Å²) in [5.41, 5.74) is 0.212. The smallest absolute Gasteiger partial charge is 1.00 e. The Balaban J connectivity index is 0.000000947. The van der Waals surface area contributed by atoms with Crippen LogP contribution in [0.5, 0.6) is 0 Å². The van der Waals surface area contributed by atoms with E-state index in [0.717, 1.165) is 13.0 Å². The van der Waals surface area contributed by atoms with Gasteiger partial charge in [-0.1, -0.05) is 11.6 Å². The van der Waals surface area contributed by atoms with Crippen LogP contribution < -0.4 is 62.3 Å². The van der Waals surface area contributed by atoms with Gasteiger partial charge >= 0.3 is 63.3 Å². The third kappa shape index (κ3) is 9.82. The van der Waals surface area contributed by atoms with Crippen molar-refractivity contribution in [3.8, 4) is 0 Å². The number of aromatic nitrogens is 2. The van der Waals surface area contributed by atoms with Gasteiger partial charge in [0.05, 0.1) is 47.7 Å². The number of piperidine rings is 1. The molecule has 2 aromatic rings. The van der Waals surface area contributed by atoms with Gasteiger partial charge in [-0.2, -0.15) is 0 Å². The second-order valence-corrected chi connectivity index (χ2v) is 8.52. The van der Waals surface area contributed by atoms with Crippen molar-refractivity contribution in [3.63, 3.8) is 0 Å². The van der Waals surface area contributed by atoms with Gasteiger partial charge in [0.1, 0.15) is 0 Å². The fourth-order valence-electron chi connectivity index (χ4n) is 3.12. The molecule has 0 amide bonds. The number of carbonyl (C=O) groups is 3. The van der Waals surface area contributed by atoms with Gasteiger partial charge in [-0.15, -0.1) is 0 Å². The molecule has 1 saturated heterocycles. The molecule has 176 valence electrons. The maximum Gasteiger partial charge on any atom is 1.00 e. The third-order valence-corrected chi connectivity index (χ3v) is 5.96. The molecule has 1 fully saturated rings. The molecular formula is C20H24BrClKN3O7. The summed E-state index contributed by atoms with van der Waals surface area (Å²) in [7, 11) is 0. The predicted molar refractivity (Wildman–Crippen MR) is 121 cm³/mol. The molecule has 0 saturated carbocycles. The minimum Gasteiger partial charge on any atom is -1.00 e. The average Bonchev–Trinajstić information content (AvgIpc) is 2.72. The Morgan fingerprint density at radius 1 is 1.24 bits per heavy atom. The second kappa shape index (κ2) is 14.6. The second-order valence-electron chi connectivity index (χ2n) is 7.26. The minimum absolute atomic E-state index is 0. The maximum absolute atomic E-state index is 12.5. The van der Waals surface area contributed by atoms with Gasteiger partial charge in [0.2, 0.25) is 0 Å². The van der Waals surface area contributed by atoms with Crippen LogP contribution in [0, 0.1) is 0 Å². The van der Waals surface area contributed by atoms with Crippen molar-refractivity contribution < 1.29 is 82.5 Å². The first-order valence-corrected chi connectivity index (χ1v) is 11.0. The van der Waals surface area contributed by atoms with Crippen LogP contribution in [-0.4, -0.2) is 61.3 Å². The predicted octanol–water partition coefficient (Wildman–Crippen LogP) is -1.06. The summed E-state index contributed by atoms with van der Waals surface area (Å²) in [5.74, 6) is -2.28. The van der Waals surface area contributed by atoms with Gasteiger partial charge in [0.25, 0.3) is 5.56 Å². The van der Waals surface area contributed by atoms with E-state index in [1.165, 1.54) is 10.9 Å². The van der Waals surface area contributed by atoms with E-state index in [2.05, 4.69) is 26.2 Å². The van der Waals surface area contributed by atoms with E-state index in [9.17, 15) is 24.3 Å². The SMILES string of the molecule is O=C(C[C@@H]1NCCC[C@H]1O)Cn1cnc2cc(Br)c(Cl)cc2c1=O.O=C(O)CCC(=O)O.[H-].[K+]. The topological polar surface area (TPSA) is 159 Å². The van der Waals surface area contributed by atoms with Crippen LogP contribution in [0.15, 0.2) is 27.7 Å². The Morgan fingerprint density at radius 2 is 1.88 bits per heavy atom. The van der Waals surface area contributed by atoms with Gasteiger partial charge in [-0.25, -0.2) is 4.98 Å². The Morgan fingerprint density at radius 3 is 2.45 bits per heavy atom. The number of ketones is 1. The quantitative estimate of drug-likeness (QED) is 0.303. The number of hydrogen-bond donors (Lipinski definition) is 4. The minimum atomic E-state index is -1.08. The van der Waals surface area contributed by atoms with Gasteiger partial charge in [-0.3, -0.25) is 23.7 Å². The number of aliphatic hydroxyl groups excluding tert-OH is 1. The zero-order valence-electron chi connectivity index (χ0n) is 19.0. The number of aliphatic carboxylic acids is 2. The standard InChI is InChI=1S/C16H17BrClN3O3.C4H6O4.K.H/c17-11-6-13-10(5-12(11)18)16(24)21(8-20-13)7-9(22)4-14-15(23)2-1-3-19-14;5-3(6)1-2-4(7)8;;/h5-6,8,14-15,19,23H,1-4,7H2;1-2H2,(H,5,6)(H,7,8);;/q;;+1;-1/t14-,15+;;;/m0.../s1. The molecule has 33 heavy (non-hydrogen) atoms. The first kappa shape index (κ1) is 30.3. The van der Waals surface area contributed by atoms with E-state index < -0.39 is 18.0 Å². The Kier molecular flexibility index (Phi) is 13.5. The molecular weight excluding hydrogens is 549 g/mol. The van der Waals surface area contributed by atoms with Crippen molar-refractivity contribution in [2.75, 3.05) is 6.54 Å². The van der Waals surface area contributed by atoms with Crippen molar-refractivity contribution in [2.45, 2.75) is 50.8 Å². The zero-order chi connectivity index (χ0) is 23.8. The number of benzene rings is 1. The number of hydrogen-bond acceptors (Lipinski definition) is 7. The van der Waals surface area contributed by atoms with Gasteiger partial charge in [-0.05, 0) is 47.4 Å². The van der Waals surface area contributed by atoms with E-state index in [4.69, 9.17) is 21.8 Å². The maximum atomic E-state index is 12.5. The summed E-state index contributed by atoms with van der Waals surface area (Å²) in [6.45, 7) is 0.722. The Hall–Kier alpha value is -0.704. The van der Waals surface area contributed by atoms with Crippen LogP contribution in [-0.2, 0) is 20.9 Å². The largest absolute Gasteiger partial charge is 1.00 e. The van der Waals surface area contributed by atoms with Gasteiger partial charge in [0.15, 0.2) is 5.78 Å². The monoisotopic (exact) mass is 571 g/mol. The molecule has 0 radical (unpaired) electrons. The first-order valence-electron chi connectivity index (χ1n) is 9.79. The number of fused-ring (bicyclic) bond motifs is 1. The summed E-state index contributed by atoms with van der Waals surface area (Å²) < 4.78 is 1.94. The van der Waals surface area contributed by atoms with E-state index in [0.29, 0.717) is 26.8 Å². The fraction of sp³-hybridized carbons (Fsp3) is 0.450. The normalized spacial score (nSPS) is 17.4. The molecule has 10 nitrogen and oxygen atoms in total. The molecule has 4 N–H and O–H groups in total. The number of carbonyl (C=O) groups excluding carboxylic acids is 1. The molecule has 0 unspecified atom stereocenters.